The first-order chi connectivity index (χ1) is 10.6. The smallest absolute Gasteiger partial charge is 0.265 e. The van der Waals surface area contributed by atoms with E-state index in [9.17, 15) is 9.90 Å². The van der Waals surface area contributed by atoms with Gasteiger partial charge in [0, 0.05) is 11.1 Å². The minimum Gasteiger partial charge on any atom is -0.508 e. The van der Waals surface area contributed by atoms with Crippen LogP contribution < -0.4 is 5.56 Å². The summed E-state index contributed by atoms with van der Waals surface area (Å²) in [5, 5.41) is 19.4. The van der Waals surface area contributed by atoms with Crippen LogP contribution in [0.3, 0.4) is 0 Å². The summed E-state index contributed by atoms with van der Waals surface area (Å²) in [6.07, 6.45) is -0.0243. The summed E-state index contributed by atoms with van der Waals surface area (Å²) in [6, 6.07) is 13.1. The Labute approximate surface area is 130 Å². The molecule has 0 unspecified atom stereocenters. The molecule has 0 saturated carbocycles. The van der Waals surface area contributed by atoms with E-state index in [4.69, 9.17) is 16.9 Å². The third kappa shape index (κ3) is 2.41. The number of phenols is 1. The van der Waals surface area contributed by atoms with Crippen LogP contribution in [0.2, 0.25) is 5.02 Å². The lowest BCUT2D eigenvalue weighted by atomic mass is 10.2. The van der Waals surface area contributed by atoms with Gasteiger partial charge in [-0.25, -0.2) is 4.98 Å². The molecule has 0 spiro atoms. The summed E-state index contributed by atoms with van der Waals surface area (Å²) in [5.41, 5.74) is 0.653. The van der Waals surface area contributed by atoms with Crippen molar-refractivity contribution >= 4 is 22.5 Å². The molecule has 0 bridgehead atoms. The second kappa shape index (κ2) is 5.51. The maximum atomic E-state index is 12.7. The van der Waals surface area contributed by atoms with E-state index in [0.29, 0.717) is 27.4 Å². The number of aromatic nitrogens is 2. The van der Waals surface area contributed by atoms with E-state index in [1.807, 2.05) is 6.07 Å². The predicted octanol–water partition coefficient (Wildman–Crippen LogP) is 2.81. The van der Waals surface area contributed by atoms with Crippen LogP contribution in [0.5, 0.6) is 5.75 Å². The van der Waals surface area contributed by atoms with Crippen molar-refractivity contribution in [2.45, 2.75) is 6.42 Å². The summed E-state index contributed by atoms with van der Waals surface area (Å²) in [6.45, 7) is 0. The number of phenolic OH excluding ortho intramolecular Hbond substituents is 1. The molecule has 1 N–H and O–H groups in total. The monoisotopic (exact) mass is 311 g/mol. The normalized spacial score (nSPS) is 10.5. The highest BCUT2D eigenvalue weighted by molar-refractivity contribution is 6.30. The zero-order valence-corrected chi connectivity index (χ0v) is 12.1. The van der Waals surface area contributed by atoms with Crippen molar-refractivity contribution in [3.8, 4) is 17.5 Å². The molecule has 0 fully saturated rings. The van der Waals surface area contributed by atoms with Crippen LogP contribution in [-0.2, 0) is 6.42 Å². The van der Waals surface area contributed by atoms with Gasteiger partial charge >= 0.3 is 0 Å². The zero-order valence-electron chi connectivity index (χ0n) is 11.3. The molecule has 3 aromatic rings. The van der Waals surface area contributed by atoms with E-state index in [2.05, 4.69) is 4.98 Å². The van der Waals surface area contributed by atoms with Gasteiger partial charge in [-0.15, -0.1) is 0 Å². The van der Waals surface area contributed by atoms with Gasteiger partial charge in [-0.1, -0.05) is 11.6 Å². The molecule has 0 aliphatic heterocycles. The van der Waals surface area contributed by atoms with Crippen molar-refractivity contribution in [1.29, 1.82) is 5.26 Å². The van der Waals surface area contributed by atoms with E-state index in [1.165, 1.54) is 22.8 Å². The minimum atomic E-state index is -0.294. The van der Waals surface area contributed by atoms with Crippen molar-refractivity contribution in [2.75, 3.05) is 0 Å². The summed E-state index contributed by atoms with van der Waals surface area (Å²) in [5.74, 6) is 0.333. The molecular formula is C16H10ClN3O2. The van der Waals surface area contributed by atoms with E-state index in [1.54, 1.807) is 24.3 Å². The largest absolute Gasteiger partial charge is 0.508 e. The maximum absolute atomic E-state index is 12.7. The Morgan fingerprint density at radius 3 is 2.64 bits per heavy atom. The Morgan fingerprint density at radius 1 is 1.23 bits per heavy atom. The molecule has 0 aliphatic rings. The quantitative estimate of drug-likeness (QED) is 0.789. The lowest BCUT2D eigenvalue weighted by Crippen LogP contribution is -2.23. The summed E-state index contributed by atoms with van der Waals surface area (Å²) < 4.78 is 1.39. The number of hydrogen-bond acceptors (Lipinski definition) is 4. The average Bonchev–Trinajstić information content (AvgIpc) is 2.49. The second-order valence-electron chi connectivity index (χ2n) is 4.68. The van der Waals surface area contributed by atoms with E-state index in [0.717, 1.165) is 0 Å². The third-order valence-corrected chi connectivity index (χ3v) is 3.50. The van der Waals surface area contributed by atoms with Crippen LogP contribution in [-0.4, -0.2) is 14.7 Å². The van der Waals surface area contributed by atoms with Gasteiger partial charge in [-0.2, -0.15) is 5.26 Å². The first kappa shape index (κ1) is 14.1. The minimum absolute atomic E-state index is 0.0200. The lowest BCUT2D eigenvalue weighted by Gasteiger charge is -2.12. The highest BCUT2D eigenvalue weighted by Gasteiger charge is 2.13. The van der Waals surface area contributed by atoms with Gasteiger partial charge in [0.25, 0.3) is 5.56 Å². The van der Waals surface area contributed by atoms with Crippen LogP contribution in [0.1, 0.15) is 5.82 Å². The van der Waals surface area contributed by atoms with Gasteiger partial charge in [0.1, 0.15) is 11.6 Å². The first-order valence-corrected chi connectivity index (χ1v) is 6.85. The van der Waals surface area contributed by atoms with Crippen LogP contribution in [0.25, 0.3) is 16.6 Å². The Balaban J connectivity index is 2.36. The Hall–Kier alpha value is -2.84. The van der Waals surface area contributed by atoms with Crippen LogP contribution in [0, 0.1) is 11.3 Å². The molecule has 0 saturated heterocycles. The van der Waals surface area contributed by atoms with Crippen LogP contribution in [0.4, 0.5) is 0 Å². The van der Waals surface area contributed by atoms with Gasteiger partial charge < -0.3 is 5.11 Å². The molecule has 0 atom stereocenters. The predicted molar refractivity (Wildman–Crippen MR) is 83.3 cm³/mol. The maximum Gasteiger partial charge on any atom is 0.265 e. The van der Waals surface area contributed by atoms with Crippen LogP contribution in [0.15, 0.2) is 47.3 Å². The van der Waals surface area contributed by atoms with E-state index < -0.39 is 0 Å². The Bertz CT molecular complexity index is 956. The first-order valence-electron chi connectivity index (χ1n) is 6.47. The standard InChI is InChI=1S/C16H10ClN3O2/c17-10-1-3-11(4-2-10)20-15(7-8-18)19-14-9-12(21)5-6-13(14)16(20)22/h1-6,9,21H,7H2. The van der Waals surface area contributed by atoms with Gasteiger partial charge in [-0.05, 0) is 36.4 Å². The Morgan fingerprint density at radius 2 is 1.95 bits per heavy atom. The summed E-state index contributed by atoms with van der Waals surface area (Å²) in [4.78, 5) is 17.1. The fraction of sp³-hybridized carbons (Fsp3) is 0.0625. The Kier molecular flexibility index (Phi) is 3.53. The number of benzene rings is 2. The third-order valence-electron chi connectivity index (χ3n) is 3.24. The molecule has 0 radical (unpaired) electrons. The van der Waals surface area contributed by atoms with Crippen molar-refractivity contribution in [3.63, 3.8) is 0 Å². The van der Waals surface area contributed by atoms with Crippen LogP contribution >= 0.6 is 11.6 Å². The number of halogens is 1. The van der Waals surface area contributed by atoms with Gasteiger partial charge in [0.05, 0.1) is 29.1 Å². The number of nitrogens with zero attached hydrogens (tertiary/aromatic N) is 3. The molecule has 1 heterocycles. The molecular weight excluding hydrogens is 302 g/mol. The second-order valence-corrected chi connectivity index (χ2v) is 5.12. The number of fused-ring (bicyclic) bond motifs is 1. The molecule has 5 nitrogen and oxygen atoms in total. The van der Waals surface area contributed by atoms with Crippen molar-refractivity contribution < 1.29 is 5.11 Å². The number of aromatic hydroxyl groups is 1. The fourth-order valence-electron chi connectivity index (χ4n) is 2.27. The summed E-state index contributed by atoms with van der Waals surface area (Å²) in [7, 11) is 0. The zero-order chi connectivity index (χ0) is 15.7. The van der Waals surface area contributed by atoms with Gasteiger partial charge in [0.15, 0.2) is 0 Å². The molecule has 3 rings (SSSR count). The van der Waals surface area contributed by atoms with E-state index in [-0.39, 0.29) is 17.7 Å². The molecule has 1 aromatic heterocycles. The highest BCUT2D eigenvalue weighted by Crippen LogP contribution is 2.19. The van der Waals surface area contributed by atoms with Crippen molar-refractivity contribution in [3.05, 3.63) is 63.7 Å². The molecule has 2 aromatic carbocycles. The molecule has 0 aliphatic carbocycles. The molecule has 22 heavy (non-hydrogen) atoms. The highest BCUT2D eigenvalue weighted by atomic mass is 35.5. The topological polar surface area (TPSA) is 78.9 Å². The summed E-state index contributed by atoms with van der Waals surface area (Å²) >= 11 is 5.87. The molecule has 6 heteroatoms. The van der Waals surface area contributed by atoms with Crippen molar-refractivity contribution in [2.24, 2.45) is 0 Å². The number of nitriles is 1. The van der Waals surface area contributed by atoms with Crippen molar-refractivity contribution in [1.82, 2.24) is 9.55 Å². The van der Waals surface area contributed by atoms with Gasteiger partial charge in [-0.3, -0.25) is 9.36 Å². The number of rotatable bonds is 2. The van der Waals surface area contributed by atoms with E-state index >= 15 is 0 Å². The average molecular weight is 312 g/mol. The molecule has 0 amide bonds. The fourth-order valence-corrected chi connectivity index (χ4v) is 2.39. The lowest BCUT2D eigenvalue weighted by molar-refractivity contribution is 0.476. The number of hydrogen-bond donors (Lipinski definition) is 1. The van der Waals surface area contributed by atoms with Gasteiger partial charge in [0.2, 0.25) is 0 Å². The molecule has 108 valence electrons. The SMILES string of the molecule is N#CCc1nc2cc(O)ccc2c(=O)n1-c1ccc(Cl)cc1.